The molecular weight excluding hydrogens is 382 g/mol. The van der Waals surface area contributed by atoms with Crippen LogP contribution >= 0.6 is 0 Å². The highest BCUT2D eigenvalue weighted by molar-refractivity contribution is 5.94. The number of aromatic nitrogens is 3. The second-order valence-corrected chi connectivity index (χ2v) is 7.24. The van der Waals surface area contributed by atoms with Crippen LogP contribution in [0.1, 0.15) is 48.4 Å². The third-order valence-electron chi connectivity index (χ3n) is 5.23. The van der Waals surface area contributed by atoms with Crippen LogP contribution in [0.4, 0.5) is 5.69 Å². The molecule has 8 nitrogen and oxygen atoms in total. The normalized spacial score (nSPS) is 14.5. The lowest BCUT2D eigenvalue weighted by molar-refractivity contribution is -0.115. The number of pyridine rings is 1. The van der Waals surface area contributed by atoms with Gasteiger partial charge < -0.3 is 14.7 Å². The number of nitrogens with one attached hydrogen (secondary N) is 1. The van der Waals surface area contributed by atoms with Crippen molar-refractivity contribution in [2.24, 2.45) is 0 Å². The van der Waals surface area contributed by atoms with E-state index in [2.05, 4.69) is 20.4 Å². The second kappa shape index (κ2) is 8.86. The van der Waals surface area contributed by atoms with Gasteiger partial charge in [-0.1, -0.05) is 24.2 Å². The third kappa shape index (κ3) is 4.37. The minimum atomic E-state index is -0.0472. The first-order valence-electron chi connectivity index (χ1n) is 10.1. The lowest BCUT2D eigenvalue weighted by atomic mass is 9.96. The summed E-state index contributed by atoms with van der Waals surface area (Å²) in [6.07, 6.45) is 5.21. The lowest BCUT2D eigenvalue weighted by Gasteiger charge is -2.30. The van der Waals surface area contributed by atoms with Crippen molar-refractivity contribution in [3.63, 3.8) is 0 Å². The molecule has 0 bridgehead atoms. The van der Waals surface area contributed by atoms with E-state index in [-0.39, 0.29) is 17.7 Å². The lowest BCUT2D eigenvalue weighted by Crippen LogP contribution is -2.38. The van der Waals surface area contributed by atoms with Gasteiger partial charge in [-0.25, -0.2) is 0 Å². The number of amides is 2. The summed E-state index contributed by atoms with van der Waals surface area (Å²) in [5.41, 5.74) is 2.14. The molecule has 2 amide bonds. The van der Waals surface area contributed by atoms with Crippen molar-refractivity contribution in [1.82, 2.24) is 20.0 Å². The maximum absolute atomic E-state index is 12.6. The fourth-order valence-electron chi connectivity index (χ4n) is 3.51. The van der Waals surface area contributed by atoms with Gasteiger partial charge in [-0.2, -0.15) is 4.98 Å². The Hall–Kier alpha value is -3.55. The number of nitrogens with zero attached hydrogens (tertiary/aromatic N) is 4. The standard InChI is InChI=1S/C22H23N5O3/c1-2-19(28)24-18-5-3-4-17(14-18)20-25-21(30-26-20)15-8-12-27(13-9-15)22(29)16-6-10-23-11-7-16/h3-7,10-11,14-15H,2,8-9,12-13H2,1H3,(H,24,28). The molecule has 8 heteroatoms. The molecule has 2 aromatic heterocycles. The highest BCUT2D eigenvalue weighted by atomic mass is 16.5. The van der Waals surface area contributed by atoms with E-state index >= 15 is 0 Å². The van der Waals surface area contributed by atoms with E-state index in [1.54, 1.807) is 31.5 Å². The summed E-state index contributed by atoms with van der Waals surface area (Å²) in [6.45, 7) is 3.09. The van der Waals surface area contributed by atoms with Gasteiger partial charge in [0.2, 0.25) is 17.6 Å². The van der Waals surface area contributed by atoms with E-state index in [0.717, 1.165) is 18.4 Å². The van der Waals surface area contributed by atoms with E-state index in [4.69, 9.17) is 4.52 Å². The SMILES string of the molecule is CCC(=O)Nc1cccc(-c2noc(C3CCN(C(=O)c4ccncc4)CC3)n2)c1. The number of benzene rings is 1. The summed E-state index contributed by atoms with van der Waals surface area (Å²) in [5, 5.41) is 6.95. The Morgan fingerprint density at radius 2 is 1.93 bits per heavy atom. The van der Waals surface area contributed by atoms with Gasteiger partial charge in [0.05, 0.1) is 0 Å². The maximum Gasteiger partial charge on any atom is 0.253 e. The molecule has 30 heavy (non-hydrogen) atoms. The predicted octanol–water partition coefficient (Wildman–Crippen LogP) is 3.50. The van der Waals surface area contributed by atoms with Crippen LogP contribution in [0, 0.1) is 0 Å². The molecule has 0 saturated carbocycles. The topological polar surface area (TPSA) is 101 Å². The Labute approximate surface area is 174 Å². The van der Waals surface area contributed by atoms with Crippen LogP contribution < -0.4 is 5.32 Å². The second-order valence-electron chi connectivity index (χ2n) is 7.24. The molecule has 1 aliphatic rings. The van der Waals surface area contributed by atoms with Gasteiger partial charge in [0.15, 0.2) is 0 Å². The smallest absolute Gasteiger partial charge is 0.253 e. The molecule has 1 saturated heterocycles. The van der Waals surface area contributed by atoms with E-state index in [1.807, 2.05) is 29.2 Å². The van der Waals surface area contributed by atoms with E-state index in [1.165, 1.54) is 0 Å². The van der Waals surface area contributed by atoms with Gasteiger partial charge in [-0.3, -0.25) is 14.6 Å². The van der Waals surface area contributed by atoms with Crippen LogP contribution in [0.2, 0.25) is 0 Å². The number of anilines is 1. The van der Waals surface area contributed by atoms with Crippen molar-refractivity contribution in [2.75, 3.05) is 18.4 Å². The first-order chi connectivity index (χ1) is 14.6. The minimum Gasteiger partial charge on any atom is -0.339 e. The van der Waals surface area contributed by atoms with Crippen LogP contribution in [0.15, 0.2) is 53.3 Å². The predicted molar refractivity (Wildman–Crippen MR) is 111 cm³/mol. The van der Waals surface area contributed by atoms with Crippen molar-refractivity contribution in [3.8, 4) is 11.4 Å². The van der Waals surface area contributed by atoms with Crippen molar-refractivity contribution in [3.05, 3.63) is 60.2 Å². The highest BCUT2D eigenvalue weighted by Crippen LogP contribution is 2.29. The number of rotatable bonds is 5. The summed E-state index contributed by atoms with van der Waals surface area (Å²) in [4.78, 5) is 34.6. The van der Waals surface area contributed by atoms with E-state index in [9.17, 15) is 9.59 Å². The minimum absolute atomic E-state index is 0.0213. The number of hydrogen-bond donors (Lipinski definition) is 1. The monoisotopic (exact) mass is 405 g/mol. The van der Waals surface area contributed by atoms with Gasteiger partial charge >= 0.3 is 0 Å². The first-order valence-corrected chi connectivity index (χ1v) is 10.1. The average molecular weight is 405 g/mol. The van der Waals surface area contributed by atoms with Crippen molar-refractivity contribution < 1.29 is 14.1 Å². The zero-order valence-corrected chi connectivity index (χ0v) is 16.7. The maximum atomic E-state index is 12.6. The summed E-state index contributed by atoms with van der Waals surface area (Å²) < 4.78 is 5.52. The van der Waals surface area contributed by atoms with E-state index in [0.29, 0.717) is 42.5 Å². The molecule has 1 fully saturated rings. The first kappa shape index (κ1) is 19.8. The molecule has 0 aliphatic carbocycles. The molecule has 154 valence electrons. The van der Waals surface area contributed by atoms with Gasteiger partial charge in [-0.15, -0.1) is 0 Å². The summed E-state index contributed by atoms with van der Waals surface area (Å²) in [5.74, 6) is 1.18. The molecular formula is C22H23N5O3. The highest BCUT2D eigenvalue weighted by Gasteiger charge is 2.28. The summed E-state index contributed by atoms with van der Waals surface area (Å²) in [6, 6.07) is 10.9. The van der Waals surface area contributed by atoms with Crippen molar-refractivity contribution in [1.29, 1.82) is 0 Å². The zero-order valence-electron chi connectivity index (χ0n) is 16.7. The van der Waals surface area contributed by atoms with Crippen molar-refractivity contribution in [2.45, 2.75) is 32.1 Å². The molecule has 1 aliphatic heterocycles. The average Bonchev–Trinajstić information content (AvgIpc) is 3.30. The van der Waals surface area contributed by atoms with Gasteiger partial charge in [0, 0.05) is 54.6 Å². The summed E-state index contributed by atoms with van der Waals surface area (Å²) >= 11 is 0. The molecule has 0 atom stereocenters. The van der Waals surface area contributed by atoms with Gasteiger partial charge in [-0.05, 0) is 37.1 Å². The third-order valence-corrected chi connectivity index (χ3v) is 5.23. The number of likely N-dealkylation sites (tertiary alicyclic amines) is 1. The molecule has 0 spiro atoms. The molecule has 4 rings (SSSR count). The zero-order chi connectivity index (χ0) is 20.9. The Bertz CT molecular complexity index is 1030. The van der Waals surface area contributed by atoms with Crippen LogP contribution in [0.5, 0.6) is 0 Å². The van der Waals surface area contributed by atoms with Crippen LogP contribution in [-0.4, -0.2) is 44.9 Å². The Morgan fingerprint density at radius 1 is 1.17 bits per heavy atom. The Kier molecular flexibility index (Phi) is 5.83. The van der Waals surface area contributed by atoms with Gasteiger partial charge in [0.25, 0.3) is 5.91 Å². The van der Waals surface area contributed by atoms with Gasteiger partial charge in [0.1, 0.15) is 0 Å². The molecule has 1 N–H and O–H groups in total. The largest absolute Gasteiger partial charge is 0.339 e. The number of hydrogen-bond acceptors (Lipinski definition) is 6. The molecule has 3 heterocycles. The number of carbonyl (C=O) groups excluding carboxylic acids is 2. The Morgan fingerprint density at radius 3 is 2.67 bits per heavy atom. The Balaban J connectivity index is 1.40. The quantitative estimate of drug-likeness (QED) is 0.697. The van der Waals surface area contributed by atoms with E-state index < -0.39 is 0 Å². The van der Waals surface area contributed by atoms with Crippen molar-refractivity contribution >= 4 is 17.5 Å². The van der Waals surface area contributed by atoms with Crippen LogP contribution in [0.3, 0.4) is 0 Å². The number of carbonyl (C=O) groups is 2. The fraction of sp³-hybridized carbons (Fsp3) is 0.318. The number of piperidine rings is 1. The summed E-state index contributed by atoms with van der Waals surface area (Å²) in [7, 11) is 0. The fourth-order valence-corrected chi connectivity index (χ4v) is 3.51. The molecule has 1 aromatic carbocycles. The molecule has 3 aromatic rings. The molecule has 0 radical (unpaired) electrons. The molecule has 0 unspecified atom stereocenters. The van der Waals surface area contributed by atoms with Crippen LogP contribution in [0.25, 0.3) is 11.4 Å². The van der Waals surface area contributed by atoms with Crippen LogP contribution in [-0.2, 0) is 4.79 Å².